The molecule has 0 aliphatic rings. The fraction of sp³-hybridized carbons (Fsp3) is 0.0556. The minimum Gasteiger partial charge on any atom is -0.457 e. The van der Waals surface area contributed by atoms with Gasteiger partial charge in [0, 0.05) is 16.0 Å². The minimum atomic E-state index is 0.812. The Morgan fingerprint density at radius 1 is 0.857 bits per heavy atom. The van der Waals surface area contributed by atoms with Gasteiger partial charge in [-0.25, -0.2) is 0 Å². The highest BCUT2D eigenvalue weighted by Crippen LogP contribution is 2.24. The average Bonchev–Trinajstić information content (AvgIpc) is 2.93. The Kier molecular flexibility index (Phi) is 4.12. The molecule has 0 fully saturated rings. The van der Waals surface area contributed by atoms with Crippen LogP contribution in [0.5, 0.6) is 11.5 Å². The Hall–Kier alpha value is -2.39. The van der Waals surface area contributed by atoms with E-state index < -0.39 is 0 Å². The van der Waals surface area contributed by atoms with E-state index in [0.29, 0.717) is 0 Å². The Bertz CT molecular complexity index is 729. The van der Waals surface area contributed by atoms with Gasteiger partial charge in [0.2, 0.25) is 0 Å². The molecular weight excluding hydrogens is 278 g/mol. The van der Waals surface area contributed by atoms with E-state index in [1.54, 1.807) is 11.3 Å². The molecule has 2 nitrogen and oxygen atoms in total. The van der Waals surface area contributed by atoms with Crippen molar-refractivity contribution in [3.05, 3.63) is 76.5 Å². The standard InChI is InChI=1S/C18H15NOS/c1-14-7-12-18(21-14)13-19-15-8-10-17(11-9-15)20-16-5-3-2-4-6-16/h2-13H,1H3. The molecule has 1 heterocycles. The quantitative estimate of drug-likeness (QED) is 0.574. The molecule has 0 saturated carbocycles. The third kappa shape index (κ3) is 3.80. The smallest absolute Gasteiger partial charge is 0.127 e. The normalized spacial score (nSPS) is 10.9. The highest BCUT2D eigenvalue weighted by molar-refractivity contribution is 7.13. The minimum absolute atomic E-state index is 0.812. The lowest BCUT2D eigenvalue weighted by molar-refractivity contribution is 0.483. The number of aryl methyl sites for hydroxylation is 1. The van der Waals surface area contributed by atoms with Crippen molar-refractivity contribution >= 4 is 23.2 Å². The van der Waals surface area contributed by atoms with Crippen LogP contribution in [0.1, 0.15) is 9.75 Å². The van der Waals surface area contributed by atoms with Gasteiger partial charge in [-0.3, -0.25) is 4.99 Å². The van der Waals surface area contributed by atoms with Crippen molar-refractivity contribution in [2.45, 2.75) is 6.92 Å². The van der Waals surface area contributed by atoms with Gasteiger partial charge < -0.3 is 4.74 Å². The van der Waals surface area contributed by atoms with Crippen LogP contribution < -0.4 is 4.74 Å². The maximum atomic E-state index is 5.75. The molecule has 1 aromatic heterocycles. The molecular formula is C18H15NOS. The molecule has 3 heteroatoms. The van der Waals surface area contributed by atoms with E-state index in [-0.39, 0.29) is 0 Å². The van der Waals surface area contributed by atoms with Crippen molar-refractivity contribution in [1.82, 2.24) is 0 Å². The molecule has 0 aliphatic carbocycles. The highest BCUT2D eigenvalue weighted by atomic mass is 32.1. The number of aliphatic imine (C=N–C) groups is 1. The van der Waals surface area contributed by atoms with Crippen LogP contribution in [0.15, 0.2) is 71.7 Å². The molecule has 0 atom stereocenters. The summed E-state index contributed by atoms with van der Waals surface area (Å²) in [6.07, 6.45) is 1.89. The first-order valence-corrected chi connectivity index (χ1v) is 7.55. The fourth-order valence-corrected chi connectivity index (χ4v) is 2.64. The molecule has 3 aromatic rings. The molecule has 0 amide bonds. The summed E-state index contributed by atoms with van der Waals surface area (Å²) in [4.78, 5) is 6.93. The van der Waals surface area contributed by atoms with E-state index in [4.69, 9.17) is 4.74 Å². The zero-order valence-electron chi connectivity index (χ0n) is 11.7. The number of rotatable bonds is 4. The lowest BCUT2D eigenvalue weighted by Gasteiger charge is -2.05. The van der Waals surface area contributed by atoms with Gasteiger partial charge in [0.15, 0.2) is 0 Å². The van der Waals surface area contributed by atoms with Crippen molar-refractivity contribution in [2.24, 2.45) is 4.99 Å². The molecule has 0 saturated heterocycles. The first kappa shape index (κ1) is 13.6. The first-order valence-electron chi connectivity index (χ1n) is 6.73. The molecule has 0 radical (unpaired) electrons. The van der Waals surface area contributed by atoms with E-state index in [2.05, 4.69) is 24.0 Å². The van der Waals surface area contributed by atoms with Gasteiger partial charge in [-0.2, -0.15) is 0 Å². The SMILES string of the molecule is Cc1ccc(C=Nc2ccc(Oc3ccccc3)cc2)s1. The predicted molar refractivity (Wildman–Crippen MR) is 89.3 cm³/mol. The topological polar surface area (TPSA) is 21.6 Å². The third-order valence-electron chi connectivity index (χ3n) is 2.92. The Morgan fingerprint density at radius 3 is 2.24 bits per heavy atom. The highest BCUT2D eigenvalue weighted by Gasteiger charge is 1.97. The molecule has 0 spiro atoms. The summed E-state index contributed by atoms with van der Waals surface area (Å²) >= 11 is 1.74. The van der Waals surface area contributed by atoms with E-state index in [0.717, 1.165) is 22.1 Å². The van der Waals surface area contributed by atoms with Crippen LogP contribution in [0, 0.1) is 6.92 Å². The van der Waals surface area contributed by atoms with Crippen LogP contribution in [0.4, 0.5) is 5.69 Å². The molecule has 104 valence electrons. The molecule has 0 N–H and O–H groups in total. The second kappa shape index (κ2) is 6.37. The third-order valence-corrected chi connectivity index (χ3v) is 3.85. The number of benzene rings is 2. The van der Waals surface area contributed by atoms with E-state index in [1.807, 2.05) is 60.8 Å². The van der Waals surface area contributed by atoms with Crippen molar-refractivity contribution in [3.8, 4) is 11.5 Å². The number of hydrogen-bond donors (Lipinski definition) is 0. The van der Waals surface area contributed by atoms with Crippen LogP contribution in [-0.2, 0) is 0 Å². The van der Waals surface area contributed by atoms with Gasteiger partial charge in [-0.15, -0.1) is 11.3 Å². The summed E-state index contributed by atoms with van der Waals surface area (Å²) in [6.45, 7) is 2.09. The molecule has 0 unspecified atom stereocenters. The van der Waals surface area contributed by atoms with Gasteiger partial charge in [-0.1, -0.05) is 18.2 Å². The molecule has 2 aromatic carbocycles. The number of thiophene rings is 1. The Balaban J connectivity index is 1.68. The summed E-state index contributed by atoms with van der Waals surface area (Å²) < 4.78 is 5.75. The summed E-state index contributed by atoms with van der Waals surface area (Å²) in [5.74, 6) is 1.65. The molecule has 0 aliphatic heterocycles. The predicted octanol–water partition coefficient (Wildman–Crippen LogP) is 5.60. The second-order valence-corrected chi connectivity index (χ2v) is 5.94. The number of ether oxygens (including phenoxy) is 1. The van der Waals surface area contributed by atoms with Crippen molar-refractivity contribution in [1.29, 1.82) is 0 Å². The zero-order valence-corrected chi connectivity index (χ0v) is 12.5. The average molecular weight is 293 g/mol. The summed E-state index contributed by atoms with van der Waals surface area (Å²) in [6, 6.07) is 21.7. The summed E-state index contributed by atoms with van der Waals surface area (Å²) in [5.41, 5.74) is 0.918. The molecule has 21 heavy (non-hydrogen) atoms. The van der Waals surface area contributed by atoms with E-state index >= 15 is 0 Å². The monoisotopic (exact) mass is 293 g/mol. The van der Waals surface area contributed by atoms with Gasteiger partial charge in [0.1, 0.15) is 11.5 Å². The Labute approximate surface area is 128 Å². The summed E-state index contributed by atoms with van der Waals surface area (Å²) in [5, 5.41) is 0. The number of para-hydroxylation sites is 1. The fourth-order valence-electron chi connectivity index (χ4n) is 1.89. The lowest BCUT2D eigenvalue weighted by atomic mass is 10.3. The zero-order chi connectivity index (χ0) is 14.5. The summed E-state index contributed by atoms with van der Waals surface area (Å²) in [7, 11) is 0. The van der Waals surface area contributed by atoms with Crippen molar-refractivity contribution < 1.29 is 4.74 Å². The van der Waals surface area contributed by atoms with Crippen LogP contribution in [0.25, 0.3) is 0 Å². The number of hydrogen-bond acceptors (Lipinski definition) is 3. The Morgan fingerprint density at radius 2 is 1.57 bits per heavy atom. The van der Waals surface area contributed by atoms with Crippen molar-refractivity contribution in [2.75, 3.05) is 0 Å². The lowest BCUT2D eigenvalue weighted by Crippen LogP contribution is -1.82. The van der Waals surface area contributed by atoms with E-state index in [9.17, 15) is 0 Å². The number of nitrogens with zero attached hydrogens (tertiary/aromatic N) is 1. The van der Waals surface area contributed by atoms with Gasteiger partial charge in [0.25, 0.3) is 0 Å². The van der Waals surface area contributed by atoms with Crippen LogP contribution in [0.2, 0.25) is 0 Å². The maximum Gasteiger partial charge on any atom is 0.127 e. The van der Waals surface area contributed by atoms with Crippen molar-refractivity contribution in [3.63, 3.8) is 0 Å². The maximum absolute atomic E-state index is 5.75. The molecule has 3 rings (SSSR count). The first-order chi connectivity index (χ1) is 10.3. The van der Waals surface area contributed by atoms with Crippen LogP contribution in [-0.4, -0.2) is 6.21 Å². The second-order valence-electron chi connectivity index (χ2n) is 4.62. The van der Waals surface area contributed by atoms with Crippen LogP contribution in [0.3, 0.4) is 0 Å². The van der Waals surface area contributed by atoms with E-state index in [1.165, 1.54) is 4.88 Å². The molecule has 0 bridgehead atoms. The van der Waals surface area contributed by atoms with Gasteiger partial charge in [0.05, 0.1) is 5.69 Å². The van der Waals surface area contributed by atoms with Crippen LogP contribution >= 0.6 is 11.3 Å². The van der Waals surface area contributed by atoms with Gasteiger partial charge >= 0.3 is 0 Å². The van der Waals surface area contributed by atoms with Gasteiger partial charge in [-0.05, 0) is 55.5 Å². The largest absolute Gasteiger partial charge is 0.457 e.